The number of sulfonamides is 1. The zero-order valence-electron chi connectivity index (χ0n) is 20.0. The Hall–Kier alpha value is -2.18. The molecule has 4 rings (SSSR count). The van der Waals surface area contributed by atoms with Crippen molar-refractivity contribution in [3.8, 4) is 0 Å². The molecule has 196 valence electrons. The highest BCUT2D eigenvalue weighted by Crippen LogP contribution is 2.31. The Morgan fingerprint density at radius 2 is 1.81 bits per heavy atom. The van der Waals surface area contributed by atoms with Crippen LogP contribution in [-0.4, -0.2) is 65.9 Å². The molecule has 1 aliphatic heterocycles. The molecule has 1 aliphatic carbocycles. The first-order valence-electron chi connectivity index (χ1n) is 11.8. The molecule has 1 saturated carbocycles. The van der Waals surface area contributed by atoms with Crippen molar-refractivity contribution in [2.24, 2.45) is 5.73 Å². The third-order valence-corrected chi connectivity index (χ3v) is 9.29. The number of benzene rings is 1. The lowest BCUT2D eigenvalue weighted by molar-refractivity contribution is -0.132. The Labute approximate surface area is 220 Å². The summed E-state index contributed by atoms with van der Waals surface area (Å²) >= 11 is 12.1. The lowest BCUT2D eigenvalue weighted by atomic mass is 9.92. The van der Waals surface area contributed by atoms with Crippen LogP contribution >= 0.6 is 23.2 Å². The molecule has 3 N–H and O–H groups in total. The molecule has 1 saturated heterocycles. The molecule has 0 spiro atoms. The number of nitrogens with one attached hydrogen (secondary N) is 1. The summed E-state index contributed by atoms with van der Waals surface area (Å²) < 4.78 is 33.7. The van der Waals surface area contributed by atoms with E-state index in [4.69, 9.17) is 33.5 Å². The van der Waals surface area contributed by atoms with E-state index in [9.17, 15) is 18.0 Å². The van der Waals surface area contributed by atoms with Crippen LogP contribution in [0.25, 0.3) is 0 Å². The number of aromatic nitrogens is 1. The molecule has 13 heteroatoms. The monoisotopic (exact) mass is 557 g/mol. The van der Waals surface area contributed by atoms with E-state index in [0.29, 0.717) is 30.7 Å². The molecular weight excluding hydrogens is 529 g/mol. The second-order valence-corrected chi connectivity index (χ2v) is 11.9. The van der Waals surface area contributed by atoms with Crippen LogP contribution in [0.2, 0.25) is 10.0 Å². The number of hydrogen-bond donors (Lipinski definition) is 2. The lowest BCUT2D eigenvalue weighted by Crippen LogP contribution is -2.64. The zero-order chi connectivity index (χ0) is 26.2. The molecular formula is C23H29Cl2N5O5S. The van der Waals surface area contributed by atoms with E-state index in [1.165, 1.54) is 23.1 Å². The smallest absolute Gasteiger partial charge is 0.261 e. The highest BCUT2D eigenvalue weighted by Gasteiger charge is 2.45. The van der Waals surface area contributed by atoms with E-state index in [-0.39, 0.29) is 45.7 Å². The number of hydrogen-bond acceptors (Lipinski definition) is 7. The van der Waals surface area contributed by atoms with E-state index in [1.54, 1.807) is 13.8 Å². The Bertz CT molecular complexity index is 1240. The second-order valence-electron chi connectivity index (χ2n) is 9.24. The van der Waals surface area contributed by atoms with Crippen molar-refractivity contribution in [3.05, 3.63) is 45.3 Å². The van der Waals surface area contributed by atoms with Gasteiger partial charge in [-0.2, -0.15) is 4.31 Å². The zero-order valence-corrected chi connectivity index (χ0v) is 22.4. The summed E-state index contributed by atoms with van der Waals surface area (Å²) in [6.07, 6.45) is 1.78. The Kier molecular flexibility index (Phi) is 7.96. The van der Waals surface area contributed by atoms with E-state index in [0.717, 1.165) is 17.1 Å². The average molecular weight is 558 g/mol. The molecule has 2 fully saturated rings. The highest BCUT2D eigenvalue weighted by atomic mass is 35.5. The molecule has 36 heavy (non-hydrogen) atoms. The average Bonchev–Trinajstić information content (AvgIpc) is 3.18. The number of halogens is 2. The van der Waals surface area contributed by atoms with Gasteiger partial charge < -0.3 is 20.5 Å². The highest BCUT2D eigenvalue weighted by molar-refractivity contribution is 7.89. The molecule has 2 aromatic rings. The van der Waals surface area contributed by atoms with Gasteiger partial charge in [-0.25, -0.2) is 8.42 Å². The van der Waals surface area contributed by atoms with Gasteiger partial charge in [0.15, 0.2) is 6.17 Å². The van der Waals surface area contributed by atoms with Crippen molar-refractivity contribution in [3.63, 3.8) is 0 Å². The summed E-state index contributed by atoms with van der Waals surface area (Å²) in [5.74, 6) is -0.799. The lowest BCUT2D eigenvalue weighted by Gasteiger charge is -2.42. The number of amides is 2. The maximum Gasteiger partial charge on any atom is 0.261 e. The SMILES string of the molecule is Cc1noc(C)c1C(=O)N1CCCN(S(=O)(=O)c2ccc(Cl)c(Cl)c2)C1C(=O)NC1CCC(N)CC1. The standard InChI is InChI=1S/C23H29Cl2N5O5S/c1-13-20(14(2)35-28-13)23(32)29-10-3-11-30(36(33,34)17-8-9-18(24)19(25)12-17)22(29)21(31)27-16-6-4-15(26)5-7-16/h8-9,12,15-16,22H,3-7,10-11,26H2,1-2H3,(H,27,31). The maximum atomic E-state index is 13.7. The number of carbonyl (C=O) groups excluding carboxylic acids is 2. The fourth-order valence-corrected chi connectivity index (χ4v) is 6.76. The maximum absolute atomic E-state index is 13.7. The second kappa shape index (κ2) is 10.7. The number of carbonyl (C=O) groups is 2. The van der Waals surface area contributed by atoms with Crippen molar-refractivity contribution in [1.29, 1.82) is 0 Å². The van der Waals surface area contributed by atoms with Crippen molar-refractivity contribution in [2.75, 3.05) is 13.1 Å². The summed E-state index contributed by atoms with van der Waals surface area (Å²) in [5.41, 5.74) is 6.57. The van der Waals surface area contributed by atoms with Crippen LogP contribution in [0.15, 0.2) is 27.6 Å². The molecule has 1 unspecified atom stereocenters. The molecule has 0 radical (unpaired) electrons. The van der Waals surface area contributed by atoms with Gasteiger partial charge in [-0.1, -0.05) is 28.4 Å². The molecule has 0 bridgehead atoms. The van der Waals surface area contributed by atoms with E-state index in [2.05, 4.69) is 10.5 Å². The molecule has 2 aliphatic rings. The minimum atomic E-state index is -4.22. The fourth-order valence-electron chi connectivity index (χ4n) is 4.78. The first kappa shape index (κ1) is 26.9. The normalized spacial score (nSPS) is 23.5. The van der Waals surface area contributed by atoms with Gasteiger partial charge in [-0.15, -0.1) is 0 Å². The Balaban J connectivity index is 1.72. The number of rotatable bonds is 5. The van der Waals surface area contributed by atoms with Crippen molar-refractivity contribution in [2.45, 2.75) is 69.1 Å². The van der Waals surface area contributed by atoms with E-state index in [1.807, 2.05) is 0 Å². The topological polar surface area (TPSA) is 139 Å². The van der Waals surface area contributed by atoms with E-state index >= 15 is 0 Å². The Morgan fingerprint density at radius 1 is 1.11 bits per heavy atom. The summed E-state index contributed by atoms with van der Waals surface area (Å²) in [5, 5.41) is 7.07. The first-order valence-corrected chi connectivity index (χ1v) is 14.0. The minimum Gasteiger partial charge on any atom is -0.361 e. The molecule has 1 aromatic carbocycles. The summed E-state index contributed by atoms with van der Waals surface area (Å²) in [6.45, 7) is 3.45. The van der Waals surface area contributed by atoms with Crippen LogP contribution < -0.4 is 11.1 Å². The summed E-state index contributed by atoms with van der Waals surface area (Å²) in [7, 11) is -4.22. The molecule has 1 atom stereocenters. The third-order valence-electron chi connectivity index (χ3n) is 6.70. The number of nitrogens with zero attached hydrogens (tertiary/aromatic N) is 3. The van der Waals surface area contributed by atoms with Crippen LogP contribution in [0.1, 0.15) is 53.9 Å². The van der Waals surface area contributed by atoms with Gasteiger partial charge in [0.1, 0.15) is 11.3 Å². The first-order chi connectivity index (χ1) is 17.0. The van der Waals surface area contributed by atoms with Gasteiger partial charge in [-0.3, -0.25) is 9.59 Å². The fraction of sp³-hybridized carbons (Fsp3) is 0.522. The summed E-state index contributed by atoms with van der Waals surface area (Å²) in [6, 6.07) is 3.87. The van der Waals surface area contributed by atoms with Gasteiger partial charge in [0.2, 0.25) is 10.0 Å². The van der Waals surface area contributed by atoms with Crippen LogP contribution in [-0.2, 0) is 14.8 Å². The summed E-state index contributed by atoms with van der Waals surface area (Å²) in [4.78, 5) is 28.5. The van der Waals surface area contributed by atoms with Crippen LogP contribution in [0.3, 0.4) is 0 Å². The van der Waals surface area contributed by atoms with Gasteiger partial charge in [0.25, 0.3) is 11.8 Å². The third kappa shape index (κ3) is 5.26. The predicted octanol–water partition coefficient (Wildman–Crippen LogP) is 2.85. The van der Waals surface area contributed by atoms with Crippen LogP contribution in [0.5, 0.6) is 0 Å². The molecule has 1 aromatic heterocycles. The Morgan fingerprint density at radius 3 is 2.42 bits per heavy atom. The quantitative estimate of drug-likeness (QED) is 0.576. The molecule has 2 heterocycles. The van der Waals surface area contributed by atoms with Crippen molar-refractivity contribution in [1.82, 2.24) is 19.7 Å². The van der Waals surface area contributed by atoms with Gasteiger partial charge in [0.05, 0.1) is 20.6 Å². The van der Waals surface area contributed by atoms with Crippen molar-refractivity contribution < 1.29 is 22.5 Å². The number of nitrogens with two attached hydrogens (primary N) is 1. The van der Waals surface area contributed by atoms with Crippen molar-refractivity contribution >= 4 is 45.0 Å². The van der Waals surface area contributed by atoms with E-state index < -0.39 is 28.0 Å². The number of aryl methyl sites for hydroxylation is 2. The van der Waals surface area contributed by atoms with Crippen LogP contribution in [0.4, 0.5) is 0 Å². The van der Waals surface area contributed by atoms with Gasteiger partial charge in [-0.05, 0) is 64.2 Å². The molecule has 10 nitrogen and oxygen atoms in total. The minimum absolute atomic E-state index is 0.0432. The molecule has 2 amide bonds. The largest absolute Gasteiger partial charge is 0.361 e. The van der Waals surface area contributed by atoms with Gasteiger partial charge in [0, 0.05) is 25.2 Å². The van der Waals surface area contributed by atoms with Crippen LogP contribution in [0, 0.1) is 13.8 Å². The predicted molar refractivity (Wildman–Crippen MR) is 134 cm³/mol. The van der Waals surface area contributed by atoms with Gasteiger partial charge >= 0.3 is 0 Å².